The summed E-state index contributed by atoms with van der Waals surface area (Å²) < 4.78 is 73.4. The van der Waals surface area contributed by atoms with Crippen molar-refractivity contribution in [2.75, 3.05) is 30.0 Å². The number of hydrogen-bond acceptors (Lipinski definition) is 5. The second-order valence-corrected chi connectivity index (χ2v) is 8.82. The van der Waals surface area contributed by atoms with Crippen molar-refractivity contribution >= 4 is 17.3 Å². The van der Waals surface area contributed by atoms with Crippen LogP contribution in [-0.2, 0) is 17.3 Å². The van der Waals surface area contributed by atoms with Crippen LogP contribution in [-0.4, -0.2) is 47.6 Å². The number of pyridine rings is 2. The highest BCUT2D eigenvalue weighted by Gasteiger charge is 2.49. The Balaban J connectivity index is 1.44. The number of ether oxygens (including phenoxy) is 1. The van der Waals surface area contributed by atoms with Crippen molar-refractivity contribution in [1.29, 1.82) is 0 Å². The number of nitrogens with one attached hydrogen (secondary N) is 1. The number of aryl methyl sites for hydroxylation is 1. The fourth-order valence-corrected chi connectivity index (χ4v) is 4.54. The minimum Gasteiger partial charge on any atom is -0.377 e. The minimum absolute atomic E-state index is 0.0672. The fraction of sp³-hybridized carbons (Fsp3) is 0.320. The summed E-state index contributed by atoms with van der Waals surface area (Å²) >= 11 is 0. The van der Waals surface area contributed by atoms with Gasteiger partial charge in [-0.05, 0) is 48.4 Å². The Bertz CT molecular complexity index is 1330. The molecular formula is C25H21F5N4O2. The van der Waals surface area contributed by atoms with Crippen molar-refractivity contribution in [2.45, 2.75) is 31.5 Å². The highest BCUT2D eigenvalue weighted by Crippen LogP contribution is 2.41. The maximum absolute atomic E-state index is 14.6. The number of hydrogen-bond donors (Lipinski definition) is 1. The van der Waals surface area contributed by atoms with Crippen molar-refractivity contribution < 1.29 is 31.5 Å². The van der Waals surface area contributed by atoms with E-state index in [0.717, 1.165) is 11.8 Å². The summed E-state index contributed by atoms with van der Waals surface area (Å²) in [6.45, 7) is 2.44. The summed E-state index contributed by atoms with van der Waals surface area (Å²) in [6.07, 6.45) is -2.70. The average molecular weight is 504 g/mol. The molecule has 1 N–H and O–H groups in total. The van der Waals surface area contributed by atoms with Crippen LogP contribution >= 0.6 is 0 Å². The maximum atomic E-state index is 14.6. The Kier molecular flexibility index (Phi) is 5.90. The van der Waals surface area contributed by atoms with E-state index in [4.69, 9.17) is 4.74 Å². The van der Waals surface area contributed by atoms with Crippen molar-refractivity contribution in [2.24, 2.45) is 0 Å². The third kappa shape index (κ3) is 4.50. The standard InChI is InChI=1S/C25H21F5N4O2/c1-14-2-3-17(33-23(35)15-4-5-31-21(9-15)25(28,29)30)10-18(14)16-8-20-19(32-12-16)11-24(26,27)22-13-36-7-6-34(20)22/h2-5,8-10,12,22H,6-7,11,13H2,1H3,(H,33,35). The Morgan fingerprint density at radius 2 is 1.97 bits per heavy atom. The first-order chi connectivity index (χ1) is 17.0. The van der Waals surface area contributed by atoms with Crippen LogP contribution in [0.5, 0.6) is 0 Å². The molecule has 1 atom stereocenters. The molecule has 0 saturated carbocycles. The molecule has 1 amide bonds. The Hall–Kier alpha value is -3.60. The molecule has 2 aliphatic rings. The summed E-state index contributed by atoms with van der Waals surface area (Å²) in [5.74, 6) is -3.68. The number of carbonyl (C=O) groups excluding carboxylic acids is 1. The fourth-order valence-electron chi connectivity index (χ4n) is 4.54. The van der Waals surface area contributed by atoms with E-state index < -0.39 is 36.2 Å². The number of anilines is 2. The number of nitrogens with zero attached hydrogens (tertiary/aromatic N) is 3. The van der Waals surface area contributed by atoms with E-state index in [9.17, 15) is 26.7 Å². The third-order valence-electron chi connectivity index (χ3n) is 6.39. The third-order valence-corrected chi connectivity index (χ3v) is 6.39. The first-order valence-electron chi connectivity index (χ1n) is 11.2. The zero-order valence-electron chi connectivity index (χ0n) is 19.1. The molecule has 6 nitrogen and oxygen atoms in total. The Morgan fingerprint density at radius 1 is 1.17 bits per heavy atom. The first kappa shape index (κ1) is 24.1. The van der Waals surface area contributed by atoms with Gasteiger partial charge in [0.15, 0.2) is 0 Å². The number of carbonyl (C=O) groups is 1. The molecule has 11 heteroatoms. The van der Waals surface area contributed by atoms with Gasteiger partial charge in [-0.25, -0.2) is 8.78 Å². The molecule has 1 aromatic carbocycles. The number of aromatic nitrogens is 2. The van der Waals surface area contributed by atoms with Crippen molar-refractivity contribution in [3.63, 3.8) is 0 Å². The predicted molar refractivity (Wildman–Crippen MR) is 122 cm³/mol. The number of halogens is 5. The van der Waals surface area contributed by atoms with E-state index in [1.54, 1.807) is 23.1 Å². The molecule has 36 heavy (non-hydrogen) atoms. The van der Waals surface area contributed by atoms with Gasteiger partial charge in [0.1, 0.15) is 11.7 Å². The van der Waals surface area contributed by atoms with E-state index in [0.29, 0.717) is 47.4 Å². The van der Waals surface area contributed by atoms with Gasteiger partial charge in [-0.2, -0.15) is 13.2 Å². The van der Waals surface area contributed by atoms with Crippen LogP contribution in [0.15, 0.2) is 48.8 Å². The van der Waals surface area contributed by atoms with E-state index >= 15 is 0 Å². The van der Waals surface area contributed by atoms with Gasteiger partial charge in [0.2, 0.25) is 0 Å². The van der Waals surface area contributed by atoms with Crippen LogP contribution in [0.25, 0.3) is 11.1 Å². The molecule has 4 heterocycles. The molecule has 3 aromatic rings. The van der Waals surface area contributed by atoms with Crippen LogP contribution < -0.4 is 10.2 Å². The number of morpholine rings is 1. The lowest BCUT2D eigenvalue weighted by Gasteiger charge is -2.45. The van der Waals surface area contributed by atoms with Gasteiger partial charge in [0.05, 0.1) is 31.0 Å². The smallest absolute Gasteiger partial charge is 0.377 e. The maximum Gasteiger partial charge on any atom is 0.433 e. The molecule has 0 spiro atoms. The molecule has 1 fully saturated rings. The van der Waals surface area contributed by atoms with Gasteiger partial charge in [-0.15, -0.1) is 0 Å². The average Bonchev–Trinajstić information content (AvgIpc) is 2.84. The molecule has 0 radical (unpaired) electrons. The van der Waals surface area contributed by atoms with Crippen LogP contribution in [0.1, 0.15) is 27.3 Å². The quantitative estimate of drug-likeness (QED) is 0.502. The lowest BCUT2D eigenvalue weighted by Crippen LogP contribution is -2.59. The molecule has 2 aliphatic heterocycles. The number of alkyl halides is 5. The molecular weight excluding hydrogens is 483 g/mol. The zero-order valence-corrected chi connectivity index (χ0v) is 19.1. The van der Waals surface area contributed by atoms with Gasteiger partial charge in [0.25, 0.3) is 11.8 Å². The van der Waals surface area contributed by atoms with Crippen LogP contribution in [0.2, 0.25) is 0 Å². The van der Waals surface area contributed by atoms with E-state index in [2.05, 4.69) is 15.3 Å². The lowest BCUT2D eigenvalue weighted by molar-refractivity contribution is -0.141. The zero-order chi connectivity index (χ0) is 25.7. The van der Waals surface area contributed by atoms with Crippen LogP contribution in [0.3, 0.4) is 0 Å². The number of rotatable bonds is 3. The molecule has 1 unspecified atom stereocenters. The molecule has 1 saturated heterocycles. The number of fused-ring (bicyclic) bond motifs is 3. The highest BCUT2D eigenvalue weighted by molar-refractivity contribution is 6.04. The summed E-state index contributed by atoms with van der Waals surface area (Å²) in [5, 5.41) is 2.61. The van der Waals surface area contributed by atoms with Crippen molar-refractivity contribution in [1.82, 2.24) is 9.97 Å². The SMILES string of the molecule is Cc1ccc(NC(=O)c2ccnc(C(F)(F)F)c2)cc1-c1cnc2c(c1)N1CCOCC1C(F)(F)C2. The lowest BCUT2D eigenvalue weighted by atomic mass is 9.93. The van der Waals surface area contributed by atoms with E-state index in [1.807, 2.05) is 13.0 Å². The van der Waals surface area contributed by atoms with Crippen molar-refractivity contribution in [3.8, 4) is 11.1 Å². The summed E-state index contributed by atoms with van der Waals surface area (Å²) in [6, 6.07) is 7.69. The summed E-state index contributed by atoms with van der Waals surface area (Å²) in [5.41, 5.74) is 2.16. The topological polar surface area (TPSA) is 67.4 Å². The number of benzene rings is 1. The minimum atomic E-state index is -4.67. The normalized spacial score (nSPS) is 18.8. The van der Waals surface area contributed by atoms with Crippen LogP contribution in [0.4, 0.5) is 33.3 Å². The summed E-state index contributed by atoms with van der Waals surface area (Å²) in [4.78, 5) is 21.9. The molecule has 188 valence electrons. The molecule has 2 aromatic heterocycles. The molecule has 0 aliphatic carbocycles. The van der Waals surface area contributed by atoms with Gasteiger partial charge in [-0.3, -0.25) is 14.8 Å². The second-order valence-electron chi connectivity index (χ2n) is 8.82. The molecule has 5 rings (SSSR count). The van der Waals surface area contributed by atoms with Gasteiger partial charge in [-0.1, -0.05) is 6.07 Å². The Labute approximate surface area is 203 Å². The van der Waals surface area contributed by atoms with Crippen molar-refractivity contribution in [3.05, 3.63) is 71.3 Å². The number of amides is 1. The highest BCUT2D eigenvalue weighted by atomic mass is 19.4. The largest absolute Gasteiger partial charge is 0.433 e. The molecule has 0 bridgehead atoms. The summed E-state index contributed by atoms with van der Waals surface area (Å²) in [7, 11) is 0. The second kappa shape index (κ2) is 8.81. The monoisotopic (exact) mass is 504 g/mol. The van der Waals surface area contributed by atoms with E-state index in [1.165, 1.54) is 12.3 Å². The Morgan fingerprint density at radius 3 is 2.75 bits per heavy atom. The van der Waals surface area contributed by atoms with Crippen LogP contribution in [0, 0.1) is 6.92 Å². The van der Waals surface area contributed by atoms with Gasteiger partial charge >= 0.3 is 6.18 Å². The van der Waals surface area contributed by atoms with Gasteiger partial charge in [0, 0.05) is 35.8 Å². The predicted octanol–water partition coefficient (Wildman–Crippen LogP) is 5.12. The van der Waals surface area contributed by atoms with E-state index in [-0.39, 0.29) is 12.2 Å². The first-order valence-corrected chi connectivity index (χ1v) is 11.2. The van der Waals surface area contributed by atoms with Gasteiger partial charge < -0.3 is 15.0 Å².